The lowest BCUT2D eigenvalue weighted by atomic mass is 9.93. The average Bonchev–Trinajstić information content (AvgIpc) is 2.94. The fraction of sp³-hybridized carbons (Fsp3) is 0.391. The van der Waals surface area contributed by atoms with Crippen molar-refractivity contribution in [2.24, 2.45) is 5.10 Å². The number of hydrogen-bond acceptors (Lipinski definition) is 3. The van der Waals surface area contributed by atoms with Gasteiger partial charge in [-0.05, 0) is 51.8 Å². The van der Waals surface area contributed by atoms with E-state index in [1.165, 1.54) is 11.1 Å². The minimum Gasteiger partial charge on any atom is -0.494 e. The van der Waals surface area contributed by atoms with Crippen molar-refractivity contribution < 1.29 is 9.53 Å². The van der Waals surface area contributed by atoms with E-state index in [1.807, 2.05) is 30.3 Å². The SMILES string of the molecule is Cc1cc(C)cc(C2=NN(C(=O)CCCOc3ccccc3)C(C)(C)C2)c1. The van der Waals surface area contributed by atoms with Crippen molar-refractivity contribution in [1.29, 1.82) is 0 Å². The van der Waals surface area contributed by atoms with E-state index < -0.39 is 0 Å². The number of nitrogens with zero attached hydrogens (tertiary/aromatic N) is 2. The molecule has 0 aliphatic carbocycles. The van der Waals surface area contributed by atoms with Crippen LogP contribution in [-0.4, -0.2) is 28.8 Å². The van der Waals surface area contributed by atoms with Crippen LogP contribution in [0.15, 0.2) is 53.6 Å². The zero-order chi connectivity index (χ0) is 19.4. The molecule has 1 aliphatic heterocycles. The Bertz CT molecular complexity index is 820. The smallest absolute Gasteiger partial charge is 0.243 e. The fourth-order valence-electron chi connectivity index (χ4n) is 3.51. The van der Waals surface area contributed by atoms with Crippen molar-refractivity contribution in [2.45, 2.75) is 52.5 Å². The van der Waals surface area contributed by atoms with Gasteiger partial charge in [0, 0.05) is 12.8 Å². The van der Waals surface area contributed by atoms with Crippen molar-refractivity contribution in [3.63, 3.8) is 0 Å². The highest BCUT2D eigenvalue weighted by atomic mass is 16.5. The third kappa shape index (κ3) is 4.76. The minimum absolute atomic E-state index is 0.0519. The van der Waals surface area contributed by atoms with Crippen LogP contribution in [0.3, 0.4) is 0 Å². The van der Waals surface area contributed by atoms with Gasteiger partial charge >= 0.3 is 0 Å². The number of benzene rings is 2. The molecule has 27 heavy (non-hydrogen) atoms. The van der Waals surface area contributed by atoms with Crippen LogP contribution in [0.2, 0.25) is 0 Å². The van der Waals surface area contributed by atoms with Crippen LogP contribution in [0.1, 0.15) is 49.8 Å². The molecular weight excluding hydrogens is 336 g/mol. The first-order valence-electron chi connectivity index (χ1n) is 9.52. The maximum absolute atomic E-state index is 12.7. The normalized spacial score (nSPS) is 15.6. The highest BCUT2D eigenvalue weighted by Gasteiger charge is 2.38. The first kappa shape index (κ1) is 19.2. The second-order valence-corrected chi connectivity index (χ2v) is 7.88. The Morgan fingerprint density at radius 3 is 2.44 bits per heavy atom. The van der Waals surface area contributed by atoms with Gasteiger partial charge in [-0.2, -0.15) is 5.10 Å². The molecule has 1 aliphatic rings. The molecule has 0 unspecified atom stereocenters. The number of aryl methyl sites for hydroxylation is 2. The third-order valence-electron chi connectivity index (χ3n) is 4.73. The zero-order valence-electron chi connectivity index (χ0n) is 16.7. The largest absolute Gasteiger partial charge is 0.494 e. The van der Waals surface area contributed by atoms with E-state index in [4.69, 9.17) is 4.74 Å². The van der Waals surface area contributed by atoms with Gasteiger partial charge < -0.3 is 4.74 Å². The summed E-state index contributed by atoms with van der Waals surface area (Å²) in [6.07, 6.45) is 1.87. The van der Waals surface area contributed by atoms with Gasteiger partial charge in [0.05, 0.1) is 17.9 Å². The van der Waals surface area contributed by atoms with Crippen LogP contribution in [0.4, 0.5) is 0 Å². The van der Waals surface area contributed by atoms with Crippen LogP contribution >= 0.6 is 0 Å². The maximum atomic E-state index is 12.7. The van der Waals surface area contributed by atoms with Gasteiger partial charge in [0.2, 0.25) is 5.91 Å². The van der Waals surface area contributed by atoms with Crippen molar-refractivity contribution in [3.05, 3.63) is 65.2 Å². The quantitative estimate of drug-likeness (QED) is 0.686. The lowest BCUT2D eigenvalue weighted by Gasteiger charge is -2.28. The summed E-state index contributed by atoms with van der Waals surface area (Å²) in [7, 11) is 0. The van der Waals surface area contributed by atoms with E-state index in [1.54, 1.807) is 5.01 Å². The molecule has 0 spiro atoms. The third-order valence-corrected chi connectivity index (χ3v) is 4.73. The number of hydrogen-bond donors (Lipinski definition) is 0. The second kappa shape index (κ2) is 7.95. The summed E-state index contributed by atoms with van der Waals surface area (Å²) >= 11 is 0. The molecule has 142 valence electrons. The topological polar surface area (TPSA) is 41.9 Å². The summed E-state index contributed by atoms with van der Waals surface area (Å²) in [5.74, 6) is 0.887. The number of ether oxygens (including phenoxy) is 1. The molecule has 0 atom stereocenters. The summed E-state index contributed by atoms with van der Waals surface area (Å²) in [6, 6.07) is 16.1. The van der Waals surface area contributed by atoms with Gasteiger partial charge in [0.25, 0.3) is 0 Å². The number of carbonyl (C=O) groups is 1. The molecule has 0 fully saturated rings. The van der Waals surface area contributed by atoms with Crippen LogP contribution in [0.5, 0.6) is 5.75 Å². The Kier molecular flexibility index (Phi) is 5.64. The molecule has 3 rings (SSSR count). The zero-order valence-corrected chi connectivity index (χ0v) is 16.7. The molecule has 0 saturated heterocycles. The van der Waals surface area contributed by atoms with Gasteiger partial charge in [0.1, 0.15) is 5.75 Å². The van der Waals surface area contributed by atoms with Gasteiger partial charge in [-0.1, -0.05) is 47.5 Å². The molecule has 4 heteroatoms. The highest BCUT2D eigenvalue weighted by molar-refractivity contribution is 6.03. The minimum atomic E-state index is -0.301. The molecule has 0 aromatic heterocycles. The van der Waals surface area contributed by atoms with Crippen LogP contribution in [0.25, 0.3) is 0 Å². The summed E-state index contributed by atoms with van der Waals surface area (Å²) in [6.45, 7) is 8.85. The Morgan fingerprint density at radius 1 is 1.11 bits per heavy atom. The van der Waals surface area contributed by atoms with Crippen LogP contribution in [0, 0.1) is 13.8 Å². The van der Waals surface area contributed by atoms with Gasteiger partial charge in [-0.15, -0.1) is 0 Å². The standard InChI is InChI=1S/C23H28N2O2/c1-17-13-18(2)15-19(14-17)21-16-23(3,4)25(24-21)22(26)11-8-12-27-20-9-6-5-7-10-20/h5-7,9-10,13-15H,8,11-12,16H2,1-4H3. The molecule has 1 heterocycles. The fourth-order valence-corrected chi connectivity index (χ4v) is 3.51. The molecule has 0 radical (unpaired) electrons. The van der Waals surface area contributed by atoms with E-state index in [0.29, 0.717) is 19.4 Å². The number of rotatable bonds is 6. The number of hydrazone groups is 1. The van der Waals surface area contributed by atoms with Gasteiger partial charge in [-0.3, -0.25) is 4.79 Å². The lowest BCUT2D eigenvalue weighted by Crippen LogP contribution is -2.40. The maximum Gasteiger partial charge on any atom is 0.243 e. The summed E-state index contributed by atoms with van der Waals surface area (Å²) in [5.41, 5.74) is 4.23. The monoisotopic (exact) mass is 364 g/mol. The van der Waals surface area contributed by atoms with E-state index in [9.17, 15) is 4.79 Å². The second-order valence-electron chi connectivity index (χ2n) is 7.88. The van der Waals surface area contributed by atoms with Crippen LogP contribution < -0.4 is 4.74 Å². The molecule has 1 amide bonds. The molecule has 4 nitrogen and oxygen atoms in total. The molecule has 0 saturated carbocycles. The lowest BCUT2D eigenvalue weighted by molar-refractivity contribution is -0.135. The highest BCUT2D eigenvalue weighted by Crippen LogP contribution is 2.30. The molecule has 0 N–H and O–H groups in total. The predicted molar refractivity (Wildman–Crippen MR) is 109 cm³/mol. The summed E-state index contributed by atoms with van der Waals surface area (Å²) < 4.78 is 5.68. The Hall–Kier alpha value is -2.62. The van der Waals surface area contributed by atoms with Crippen molar-refractivity contribution in [3.8, 4) is 5.75 Å². The van der Waals surface area contributed by atoms with Crippen molar-refractivity contribution >= 4 is 11.6 Å². The Balaban J connectivity index is 1.62. The number of carbonyl (C=O) groups excluding carboxylic acids is 1. The van der Waals surface area contributed by atoms with E-state index in [0.717, 1.165) is 23.4 Å². The predicted octanol–water partition coefficient (Wildman–Crippen LogP) is 4.88. The summed E-state index contributed by atoms with van der Waals surface area (Å²) in [4.78, 5) is 12.7. The van der Waals surface area contributed by atoms with Gasteiger partial charge in [-0.25, -0.2) is 5.01 Å². The van der Waals surface area contributed by atoms with E-state index in [2.05, 4.69) is 51.0 Å². The first-order valence-corrected chi connectivity index (χ1v) is 9.52. The number of para-hydroxylation sites is 1. The molecule has 2 aromatic rings. The number of amides is 1. The van der Waals surface area contributed by atoms with Crippen molar-refractivity contribution in [2.75, 3.05) is 6.61 Å². The van der Waals surface area contributed by atoms with Crippen LogP contribution in [-0.2, 0) is 4.79 Å². The first-order chi connectivity index (χ1) is 12.8. The molecule has 2 aromatic carbocycles. The molecule has 0 bridgehead atoms. The van der Waals surface area contributed by atoms with Crippen molar-refractivity contribution in [1.82, 2.24) is 5.01 Å². The average molecular weight is 364 g/mol. The van der Waals surface area contributed by atoms with E-state index in [-0.39, 0.29) is 11.4 Å². The Morgan fingerprint density at radius 2 is 1.78 bits per heavy atom. The summed E-state index contributed by atoms with van der Waals surface area (Å²) in [5, 5.41) is 6.36. The molecular formula is C23H28N2O2. The Labute approximate surface area is 161 Å². The van der Waals surface area contributed by atoms with Gasteiger partial charge in [0.15, 0.2) is 0 Å². The van der Waals surface area contributed by atoms with E-state index >= 15 is 0 Å².